The molecular weight excluding hydrogens is 160 g/mol. The van der Waals surface area contributed by atoms with Gasteiger partial charge in [0.15, 0.2) is 0 Å². The Labute approximate surface area is 78.0 Å². The molecule has 0 radical (unpaired) electrons. The van der Waals surface area contributed by atoms with Gasteiger partial charge in [-0.25, -0.2) is 0 Å². The molecule has 0 saturated carbocycles. The number of benzene rings is 1. The molecule has 0 heterocycles. The van der Waals surface area contributed by atoms with Crippen molar-refractivity contribution in [2.24, 2.45) is 0 Å². The maximum Gasteiger partial charge on any atom is 0.0835 e. The molecule has 0 fully saturated rings. The second kappa shape index (κ2) is 3.19. The summed E-state index contributed by atoms with van der Waals surface area (Å²) in [6.07, 6.45) is 4.20. The van der Waals surface area contributed by atoms with Crippen molar-refractivity contribution in [1.29, 1.82) is 0 Å². The van der Waals surface area contributed by atoms with Crippen molar-refractivity contribution < 1.29 is 5.11 Å². The molecule has 0 amide bonds. The van der Waals surface area contributed by atoms with Crippen LogP contribution in [0.3, 0.4) is 0 Å². The van der Waals surface area contributed by atoms with Crippen LogP contribution >= 0.6 is 0 Å². The van der Waals surface area contributed by atoms with Gasteiger partial charge in [0.1, 0.15) is 0 Å². The SMILES string of the molecule is C=C1C=Cc2ccccc2[C@H](O)C1. The van der Waals surface area contributed by atoms with E-state index in [2.05, 4.69) is 6.58 Å². The Morgan fingerprint density at radius 3 is 2.85 bits per heavy atom. The molecule has 13 heavy (non-hydrogen) atoms. The van der Waals surface area contributed by atoms with Crippen LogP contribution in [0.2, 0.25) is 0 Å². The van der Waals surface area contributed by atoms with Crippen LogP contribution in [0, 0.1) is 0 Å². The van der Waals surface area contributed by atoms with Gasteiger partial charge in [0.25, 0.3) is 0 Å². The summed E-state index contributed by atoms with van der Waals surface area (Å²) in [4.78, 5) is 0. The molecule has 0 unspecified atom stereocenters. The third-order valence-electron chi connectivity index (χ3n) is 2.31. The third-order valence-corrected chi connectivity index (χ3v) is 2.31. The number of aliphatic hydroxyl groups excluding tert-OH is 1. The average Bonchev–Trinajstić information content (AvgIpc) is 2.27. The second-order valence-corrected chi connectivity index (χ2v) is 3.34. The molecule has 1 N–H and O–H groups in total. The Kier molecular flexibility index (Phi) is 2.03. The summed E-state index contributed by atoms with van der Waals surface area (Å²) in [5.74, 6) is 0. The molecule has 1 aliphatic rings. The Bertz CT molecular complexity index is 363. The van der Waals surface area contributed by atoms with E-state index in [9.17, 15) is 5.11 Å². The van der Waals surface area contributed by atoms with Crippen LogP contribution in [0.5, 0.6) is 0 Å². The molecule has 0 bridgehead atoms. The van der Waals surface area contributed by atoms with Crippen molar-refractivity contribution in [1.82, 2.24) is 0 Å². The van der Waals surface area contributed by atoms with E-state index in [-0.39, 0.29) is 0 Å². The fourth-order valence-electron chi connectivity index (χ4n) is 1.60. The van der Waals surface area contributed by atoms with Gasteiger partial charge >= 0.3 is 0 Å². The summed E-state index contributed by atoms with van der Waals surface area (Å²) in [7, 11) is 0. The van der Waals surface area contributed by atoms with Crippen LogP contribution < -0.4 is 0 Å². The minimum atomic E-state index is -0.404. The third kappa shape index (κ3) is 1.56. The first-order chi connectivity index (χ1) is 6.27. The summed E-state index contributed by atoms with van der Waals surface area (Å²) in [6.45, 7) is 3.86. The molecule has 1 nitrogen and oxygen atoms in total. The van der Waals surface area contributed by atoms with Crippen molar-refractivity contribution in [3.8, 4) is 0 Å². The molecule has 1 aromatic carbocycles. The highest BCUT2D eigenvalue weighted by atomic mass is 16.3. The highest BCUT2D eigenvalue weighted by molar-refractivity contribution is 5.58. The van der Waals surface area contributed by atoms with Crippen LogP contribution in [0.4, 0.5) is 0 Å². The fraction of sp³-hybridized carbons (Fsp3) is 0.167. The van der Waals surface area contributed by atoms with Crippen molar-refractivity contribution in [2.45, 2.75) is 12.5 Å². The first-order valence-corrected chi connectivity index (χ1v) is 4.40. The van der Waals surface area contributed by atoms with Gasteiger partial charge in [-0.05, 0) is 11.1 Å². The van der Waals surface area contributed by atoms with Crippen LogP contribution in [0.1, 0.15) is 23.7 Å². The fourth-order valence-corrected chi connectivity index (χ4v) is 1.60. The molecule has 2 rings (SSSR count). The van der Waals surface area contributed by atoms with E-state index in [0.29, 0.717) is 6.42 Å². The number of hydrogen-bond acceptors (Lipinski definition) is 1. The molecule has 0 spiro atoms. The highest BCUT2D eigenvalue weighted by Gasteiger charge is 2.13. The Morgan fingerprint density at radius 2 is 2.00 bits per heavy atom. The van der Waals surface area contributed by atoms with E-state index >= 15 is 0 Å². The first-order valence-electron chi connectivity index (χ1n) is 4.40. The van der Waals surface area contributed by atoms with Crippen LogP contribution in [-0.4, -0.2) is 5.11 Å². The normalized spacial score (nSPS) is 21.0. The minimum absolute atomic E-state index is 0.404. The molecule has 1 heteroatoms. The number of rotatable bonds is 0. The Hall–Kier alpha value is -1.34. The topological polar surface area (TPSA) is 20.2 Å². The zero-order valence-electron chi connectivity index (χ0n) is 7.40. The van der Waals surface area contributed by atoms with E-state index in [1.54, 1.807) is 0 Å². The van der Waals surface area contributed by atoms with Gasteiger partial charge in [-0.3, -0.25) is 0 Å². The minimum Gasteiger partial charge on any atom is -0.388 e. The van der Waals surface area contributed by atoms with Crippen molar-refractivity contribution in [2.75, 3.05) is 0 Å². The van der Waals surface area contributed by atoms with Gasteiger partial charge in [0.05, 0.1) is 6.10 Å². The Balaban J connectivity index is 2.51. The molecule has 1 aliphatic carbocycles. The lowest BCUT2D eigenvalue weighted by atomic mass is 10.0. The van der Waals surface area contributed by atoms with Gasteiger partial charge in [-0.2, -0.15) is 0 Å². The zero-order chi connectivity index (χ0) is 9.26. The van der Waals surface area contributed by atoms with Crippen molar-refractivity contribution >= 4 is 6.08 Å². The van der Waals surface area contributed by atoms with Crippen LogP contribution in [-0.2, 0) is 0 Å². The largest absolute Gasteiger partial charge is 0.388 e. The van der Waals surface area contributed by atoms with Crippen LogP contribution in [0.25, 0.3) is 6.08 Å². The lowest BCUT2D eigenvalue weighted by Gasteiger charge is -2.10. The standard InChI is InChI=1S/C12H12O/c1-9-6-7-10-4-2-3-5-11(10)12(13)8-9/h2-7,12-13H,1,8H2/t12-/m1/s1. The summed E-state index contributed by atoms with van der Waals surface area (Å²) in [5.41, 5.74) is 3.06. The van der Waals surface area contributed by atoms with Gasteiger partial charge in [-0.15, -0.1) is 0 Å². The molecule has 0 aliphatic heterocycles. The lowest BCUT2D eigenvalue weighted by molar-refractivity contribution is 0.179. The van der Waals surface area contributed by atoms with E-state index in [0.717, 1.165) is 16.7 Å². The second-order valence-electron chi connectivity index (χ2n) is 3.34. The van der Waals surface area contributed by atoms with Gasteiger partial charge in [0, 0.05) is 6.42 Å². The number of fused-ring (bicyclic) bond motifs is 1. The summed E-state index contributed by atoms with van der Waals surface area (Å²) >= 11 is 0. The monoisotopic (exact) mass is 172 g/mol. The van der Waals surface area contributed by atoms with E-state index in [1.807, 2.05) is 36.4 Å². The Morgan fingerprint density at radius 1 is 1.23 bits per heavy atom. The maximum absolute atomic E-state index is 9.81. The highest BCUT2D eigenvalue weighted by Crippen LogP contribution is 2.28. The predicted molar refractivity (Wildman–Crippen MR) is 54.2 cm³/mol. The van der Waals surface area contributed by atoms with Crippen molar-refractivity contribution in [3.05, 3.63) is 53.6 Å². The quantitative estimate of drug-likeness (QED) is 0.638. The average molecular weight is 172 g/mol. The zero-order valence-corrected chi connectivity index (χ0v) is 7.40. The summed E-state index contributed by atoms with van der Waals surface area (Å²) in [5, 5.41) is 9.81. The van der Waals surface area contributed by atoms with Gasteiger partial charge < -0.3 is 5.11 Å². The number of aliphatic hydroxyl groups is 1. The van der Waals surface area contributed by atoms with E-state index in [1.165, 1.54) is 0 Å². The molecule has 0 aromatic heterocycles. The van der Waals surface area contributed by atoms with Crippen LogP contribution in [0.15, 0.2) is 42.5 Å². The summed E-state index contributed by atoms with van der Waals surface area (Å²) in [6, 6.07) is 7.89. The molecular formula is C12H12O. The maximum atomic E-state index is 9.81. The van der Waals surface area contributed by atoms with Gasteiger partial charge in [-0.1, -0.05) is 48.6 Å². The van der Waals surface area contributed by atoms with E-state index in [4.69, 9.17) is 0 Å². The molecule has 0 saturated heterocycles. The lowest BCUT2D eigenvalue weighted by Crippen LogP contribution is -1.97. The number of hydrogen-bond donors (Lipinski definition) is 1. The molecule has 1 aromatic rings. The smallest absolute Gasteiger partial charge is 0.0835 e. The predicted octanol–water partition coefficient (Wildman–Crippen LogP) is 2.69. The summed E-state index contributed by atoms with van der Waals surface area (Å²) < 4.78 is 0. The van der Waals surface area contributed by atoms with Gasteiger partial charge in [0.2, 0.25) is 0 Å². The number of allylic oxidation sites excluding steroid dienone is 1. The molecule has 66 valence electrons. The molecule has 1 atom stereocenters. The van der Waals surface area contributed by atoms with E-state index < -0.39 is 6.10 Å². The van der Waals surface area contributed by atoms with Crippen molar-refractivity contribution in [3.63, 3.8) is 0 Å². The first kappa shape index (κ1) is 8.27.